The predicted octanol–water partition coefficient (Wildman–Crippen LogP) is 4.80. The van der Waals surface area contributed by atoms with Crippen LogP contribution in [-0.2, 0) is 11.5 Å². The van der Waals surface area contributed by atoms with Crippen molar-refractivity contribution in [3.05, 3.63) is 76.0 Å². The zero-order valence-electron chi connectivity index (χ0n) is 15.2. The highest BCUT2D eigenvalue weighted by Gasteiger charge is 2.25. The molecule has 1 aliphatic rings. The van der Waals surface area contributed by atoms with E-state index in [1.54, 1.807) is 0 Å². The van der Waals surface area contributed by atoms with Crippen LogP contribution in [0.2, 0.25) is 0 Å². The Balaban J connectivity index is 1.75. The van der Waals surface area contributed by atoms with Gasteiger partial charge in [0.2, 0.25) is 0 Å². The number of rotatable bonds is 3. The van der Waals surface area contributed by atoms with Crippen molar-refractivity contribution in [1.29, 1.82) is 0 Å². The van der Waals surface area contributed by atoms with Crippen LogP contribution in [0.25, 0.3) is 5.69 Å². The first-order valence-corrected chi connectivity index (χ1v) is 9.82. The molecule has 5 heteroatoms. The van der Waals surface area contributed by atoms with E-state index in [1.165, 1.54) is 5.56 Å². The first-order valence-electron chi connectivity index (χ1n) is 8.67. The van der Waals surface area contributed by atoms with Crippen LogP contribution in [0, 0.1) is 20.8 Å². The van der Waals surface area contributed by atoms with Crippen molar-refractivity contribution in [2.45, 2.75) is 32.3 Å². The maximum absolute atomic E-state index is 12.8. The summed E-state index contributed by atoms with van der Waals surface area (Å²) in [4.78, 5) is 12.8. The van der Waals surface area contributed by atoms with Gasteiger partial charge >= 0.3 is 0 Å². The summed E-state index contributed by atoms with van der Waals surface area (Å²) in [5.74, 6) is 2.46. The molecule has 4 rings (SSSR count). The second kappa shape index (κ2) is 6.65. The lowest BCUT2D eigenvalue weighted by Crippen LogP contribution is -2.16. The molecule has 0 saturated heterocycles. The maximum atomic E-state index is 12.8. The van der Waals surface area contributed by atoms with Crippen molar-refractivity contribution in [1.82, 2.24) is 9.78 Å². The Labute approximate surface area is 157 Å². The molecule has 1 amide bonds. The summed E-state index contributed by atoms with van der Waals surface area (Å²) < 4.78 is 1.89. The monoisotopic (exact) mass is 363 g/mol. The van der Waals surface area contributed by atoms with Gasteiger partial charge in [-0.3, -0.25) is 4.79 Å². The van der Waals surface area contributed by atoms with E-state index >= 15 is 0 Å². The number of carbonyl (C=O) groups excluding carboxylic acids is 1. The summed E-state index contributed by atoms with van der Waals surface area (Å²) in [6.07, 6.45) is 0. The summed E-state index contributed by atoms with van der Waals surface area (Å²) in [5, 5.41) is 7.91. The van der Waals surface area contributed by atoms with Gasteiger partial charge in [0.15, 0.2) is 0 Å². The number of aromatic nitrogens is 2. The number of thioether (sulfide) groups is 1. The van der Waals surface area contributed by atoms with E-state index in [1.807, 2.05) is 47.6 Å². The van der Waals surface area contributed by atoms with Crippen molar-refractivity contribution in [2.24, 2.45) is 0 Å². The van der Waals surface area contributed by atoms with Gasteiger partial charge in [0.05, 0.1) is 11.4 Å². The Morgan fingerprint density at radius 3 is 2.50 bits per heavy atom. The van der Waals surface area contributed by atoms with Crippen molar-refractivity contribution in [3.8, 4) is 5.69 Å². The Kier molecular flexibility index (Phi) is 4.32. The van der Waals surface area contributed by atoms with Gasteiger partial charge in [-0.05, 0) is 44.5 Å². The third-order valence-corrected chi connectivity index (χ3v) is 5.65. The quantitative estimate of drug-likeness (QED) is 0.727. The van der Waals surface area contributed by atoms with Crippen LogP contribution in [0.5, 0.6) is 0 Å². The largest absolute Gasteiger partial charge is 0.306 e. The zero-order chi connectivity index (χ0) is 18.3. The van der Waals surface area contributed by atoms with Crippen LogP contribution in [0.3, 0.4) is 0 Å². The first-order chi connectivity index (χ1) is 12.5. The summed E-state index contributed by atoms with van der Waals surface area (Å²) in [5.41, 5.74) is 7.36. The van der Waals surface area contributed by atoms with Crippen molar-refractivity contribution in [2.75, 3.05) is 5.32 Å². The molecule has 1 aromatic heterocycles. The molecule has 1 aliphatic heterocycles. The Morgan fingerprint density at radius 1 is 1.04 bits per heavy atom. The molecule has 0 spiro atoms. The summed E-state index contributed by atoms with van der Waals surface area (Å²) >= 11 is 1.83. The summed E-state index contributed by atoms with van der Waals surface area (Å²) in [6, 6.07) is 13.9. The van der Waals surface area contributed by atoms with Crippen molar-refractivity contribution < 1.29 is 4.79 Å². The number of aryl methyl sites for hydroxylation is 3. The number of benzene rings is 2. The molecule has 2 aromatic carbocycles. The second-order valence-corrected chi connectivity index (χ2v) is 7.77. The van der Waals surface area contributed by atoms with E-state index in [9.17, 15) is 4.79 Å². The molecule has 0 saturated carbocycles. The molecule has 0 radical (unpaired) electrons. The second-order valence-electron chi connectivity index (χ2n) is 6.79. The number of anilines is 1. The van der Waals surface area contributed by atoms with Crippen LogP contribution in [0.15, 0.2) is 42.5 Å². The third-order valence-electron chi connectivity index (χ3n) is 4.68. The lowest BCUT2D eigenvalue weighted by Gasteiger charge is -2.13. The number of nitrogens with zero attached hydrogens (tertiary/aromatic N) is 2. The van der Waals surface area contributed by atoms with Gasteiger partial charge in [-0.1, -0.05) is 35.4 Å². The molecule has 2 heterocycles. The number of hydrogen-bond donors (Lipinski definition) is 1. The number of nitrogens with one attached hydrogen (secondary N) is 1. The zero-order valence-corrected chi connectivity index (χ0v) is 16.0. The van der Waals surface area contributed by atoms with Crippen molar-refractivity contribution in [3.63, 3.8) is 0 Å². The highest BCUT2D eigenvalue weighted by molar-refractivity contribution is 7.98. The SMILES string of the molecule is Cc1ccc(C(=O)Nc2c3c(nn2-c2ccc(C)cc2C)CSC3)cc1. The highest BCUT2D eigenvalue weighted by atomic mass is 32.2. The summed E-state index contributed by atoms with van der Waals surface area (Å²) in [6.45, 7) is 6.17. The van der Waals surface area contributed by atoms with Crippen LogP contribution >= 0.6 is 11.8 Å². The number of amides is 1. The van der Waals surface area contributed by atoms with Gasteiger partial charge in [-0.25, -0.2) is 4.68 Å². The minimum absolute atomic E-state index is 0.101. The predicted molar refractivity (Wildman–Crippen MR) is 107 cm³/mol. The minimum atomic E-state index is -0.101. The van der Waals surface area contributed by atoms with Gasteiger partial charge in [-0.2, -0.15) is 16.9 Å². The molecule has 26 heavy (non-hydrogen) atoms. The molecule has 0 aliphatic carbocycles. The molecule has 3 aromatic rings. The van der Waals surface area contributed by atoms with E-state index < -0.39 is 0 Å². The smallest absolute Gasteiger partial charge is 0.256 e. The summed E-state index contributed by atoms with van der Waals surface area (Å²) in [7, 11) is 0. The van der Waals surface area contributed by atoms with Crippen LogP contribution in [0.1, 0.15) is 38.3 Å². The third kappa shape index (κ3) is 3.03. The fraction of sp³-hybridized carbons (Fsp3) is 0.238. The number of fused-ring (bicyclic) bond motifs is 1. The topological polar surface area (TPSA) is 46.9 Å². The van der Waals surface area contributed by atoms with E-state index in [0.29, 0.717) is 5.56 Å². The molecule has 4 nitrogen and oxygen atoms in total. The van der Waals surface area contributed by atoms with Crippen LogP contribution < -0.4 is 5.32 Å². The lowest BCUT2D eigenvalue weighted by molar-refractivity contribution is 0.102. The van der Waals surface area contributed by atoms with Crippen LogP contribution in [0.4, 0.5) is 5.82 Å². The molecule has 0 unspecified atom stereocenters. The minimum Gasteiger partial charge on any atom is -0.306 e. The fourth-order valence-electron chi connectivity index (χ4n) is 3.24. The number of carbonyl (C=O) groups is 1. The van der Waals surface area contributed by atoms with Gasteiger partial charge < -0.3 is 5.32 Å². The van der Waals surface area contributed by atoms with E-state index in [4.69, 9.17) is 5.10 Å². The normalized spacial score (nSPS) is 12.9. The fourth-order valence-corrected chi connectivity index (χ4v) is 4.28. The van der Waals surface area contributed by atoms with Gasteiger partial charge in [0, 0.05) is 22.6 Å². The van der Waals surface area contributed by atoms with E-state index in [2.05, 4.69) is 37.4 Å². The van der Waals surface area contributed by atoms with Crippen molar-refractivity contribution >= 4 is 23.5 Å². The van der Waals surface area contributed by atoms with E-state index in [0.717, 1.165) is 45.4 Å². The standard InChI is InChI=1S/C21H21N3OS/c1-13-4-7-16(8-5-13)21(25)22-20-17-11-26-12-18(17)23-24(20)19-9-6-14(2)10-15(19)3/h4-10H,11-12H2,1-3H3,(H,22,25). The average molecular weight is 363 g/mol. The highest BCUT2D eigenvalue weighted by Crippen LogP contribution is 2.36. The number of hydrogen-bond acceptors (Lipinski definition) is 3. The first kappa shape index (κ1) is 16.9. The molecule has 0 bridgehead atoms. The Morgan fingerprint density at radius 2 is 1.77 bits per heavy atom. The molecular weight excluding hydrogens is 342 g/mol. The molecule has 132 valence electrons. The van der Waals surface area contributed by atoms with E-state index in [-0.39, 0.29) is 5.91 Å². The Hall–Kier alpha value is -2.53. The molecule has 1 N–H and O–H groups in total. The molecular formula is C21H21N3OS. The van der Waals surface area contributed by atoms with Gasteiger partial charge in [-0.15, -0.1) is 0 Å². The maximum Gasteiger partial charge on any atom is 0.256 e. The molecule has 0 fully saturated rings. The molecule has 0 atom stereocenters. The average Bonchev–Trinajstić information content (AvgIpc) is 3.18. The lowest BCUT2D eigenvalue weighted by atomic mass is 10.1. The van der Waals surface area contributed by atoms with Crippen LogP contribution in [-0.4, -0.2) is 15.7 Å². The van der Waals surface area contributed by atoms with Gasteiger partial charge in [0.25, 0.3) is 5.91 Å². The Bertz CT molecular complexity index is 989. The van der Waals surface area contributed by atoms with Gasteiger partial charge in [0.1, 0.15) is 5.82 Å².